The van der Waals surface area contributed by atoms with Gasteiger partial charge < -0.3 is 9.64 Å². The molecule has 0 radical (unpaired) electrons. The topological polar surface area (TPSA) is 28.1 Å². The van der Waals surface area contributed by atoms with Gasteiger partial charge in [-0.15, -0.1) is 0 Å². The van der Waals surface area contributed by atoms with E-state index in [-0.39, 0.29) is 0 Å². The van der Waals surface area contributed by atoms with Gasteiger partial charge in [0.25, 0.3) is 0 Å². The molecular formula is C23H29N3O. The highest BCUT2D eigenvalue weighted by atomic mass is 16.5. The molecule has 1 fully saturated rings. The van der Waals surface area contributed by atoms with Gasteiger partial charge in [0.2, 0.25) is 0 Å². The van der Waals surface area contributed by atoms with Crippen LogP contribution in [-0.4, -0.2) is 48.4 Å². The summed E-state index contributed by atoms with van der Waals surface area (Å²) in [6, 6.07) is 17.6. The minimum absolute atomic E-state index is 0.738. The maximum atomic E-state index is 5.96. The predicted octanol–water partition coefficient (Wildman–Crippen LogP) is 4.14. The van der Waals surface area contributed by atoms with E-state index in [4.69, 9.17) is 9.84 Å². The van der Waals surface area contributed by atoms with Crippen LogP contribution >= 0.6 is 0 Å². The maximum Gasteiger partial charge on any atom is 0.119 e. The molecule has 4 rings (SSSR count). The second-order valence-electron chi connectivity index (χ2n) is 7.68. The molecule has 142 valence electrons. The Bertz CT molecular complexity index is 800. The number of rotatable bonds is 6. The third-order valence-electron chi connectivity index (χ3n) is 5.62. The lowest BCUT2D eigenvalue weighted by Gasteiger charge is -2.24. The van der Waals surface area contributed by atoms with E-state index < -0.39 is 0 Å². The molecular weight excluding hydrogens is 334 g/mol. The number of likely N-dealkylation sites (tertiary alicyclic amines) is 1. The number of nitrogens with zero attached hydrogens (tertiary/aromatic N) is 3. The van der Waals surface area contributed by atoms with E-state index in [0.717, 1.165) is 49.2 Å². The van der Waals surface area contributed by atoms with Crippen molar-refractivity contribution in [2.24, 2.45) is 5.10 Å². The number of hydrazone groups is 1. The highest BCUT2D eigenvalue weighted by molar-refractivity contribution is 6.14. The Morgan fingerprint density at radius 2 is 1.93 bits per heavy atom. The van der Waals surface area contributed by atoms with Gasteiger partial charge in [0.1, 0.15) is 5.75 Å². The largest absolute Gasteiger partial charge is 0.494 e. The molecule has 2 heterocycles. The fraction of sp³-hybridized carbons (Fsp3) is 0.435. The fourth-order valence-electron chi connectivity index (χ4n) is 4.10. The van der Waals surface area contributed by atoms with Crippen LogP contribution in [0.2, 0.25) is 0 Å². The zero-order valence-electron chi connectivity index (χ0n) is 16.4. The minimum Gasteiger partial charge on any atom is -0.494 e. The van der Waals surface area contributed by atoms with Gasteiger partial charge in [0.15, 0.2) is 0 Å². The van der Waals surface area contributed by atoms with Crippen LogP contribution in [0, 0.1) is 0 Å². The molecule has 1 saturated heterocycles. The summed E-state index contributed by atoms with van der Waals surface area (Å²) in [6.07, 6.45) is 3.76. The summed E-state index contributed by atoms with van der Waals surface area (Å²) in [6.45, 7) is 6.34. The van der Waals surface area contributed by atoms with Gasteiger partial charge in [-0.2, -0.15) is 5.10 Å². The third kappa shape index (κ3) is 4.16. The van der Waals surface area contributed by atoms with Gasteiger partial charge in [-0.25, -0.2) is 0 Å². The van der Waals surface area contributed by atoms with Crippen LogP contribution < -0.4 is 4.74 Å². The van der Waals surface area contributed by atoms with Crippen molar-refractivity contribution in [2.75, 3.05) is 26.7 Å². The van der Waals surface area contributed by atoms with E-state index in [2.05, 4.69) is 60.4 Å². The summed E-state index contributed by atoms with van der Waals surface area (Å²) >= 11 is 0. The van der Waals surface area contributed by atoms with Gasteiger partial charge in [0.05, 0.1) is 18.9 Å². The molecule has 4 nitrogen and oxygen atoms in total. The molecule has 0 saturated carbocycles. The van der Waals surface area contributed by atoms with Gasteiger partial charge in [-0.1, -0.05) is 24.3 Å². The second kappa shape index (κ2) is 8.13. The van der Waals surface area contributed by atoms with Crippen LogP contribution in [0.1, 0.15) is 42.9 Å². The lowest BCUT2D eigenvalue weighted by molar-refractivity contribution is 0.230. The Balaban J connectivity index is 1.36. The summed E-state index contributed by atoms with van der Waals surface area (Å²) in [4.78, 5) is 2.57. The molecule has 27 heavy (non-hydrogen) atoms. The zero-order valence-corrected chi connectivity index (χ0v) is 16.4. The van der Waals surface area contributed by atoms with E-state index in [1.165, 1.54) is 30.5 Å². The second-order valence-corrected chi connectivity index (χ2v) is 7.68. The van der Waals surface area contributed by atoms with Crippen LogP contribution in [0.25, 0.3) is 0 Å². The molecule has 0 N–H and O–H groups in total. The maximum absolute atomic E-state index is 5.96. The molecule has 0 amide bonds. The van der Waals surface area contributed by atoms with E-state index in [9.17, 15) is 0 Å². The van der Waals surface area contributed by atoms with Crippen molar-refractivity contribution in [1.82, 2.24) is 9.91 Å². The number of hydrogen-bond acceptors (Lipinski definition) is 4. The Morgan fingerprint density at radius 3 is 2.70 bits per heavy atom. The van der Waals surface area contributed by atoms with Crippen molar-refractivity contribution in [1.29, 1.82) is 0 Å². The first-order valence-corrected chi connectivity index (χ1v) is 10.1. The number of fused-ring (bicyclic) bond motifs is 1. The van der Waals surface area contributed by atoms with Crippen LogP contribution in [0.15, 0.2) is 53.6 Å². The quantitative estimate of drug-likeness (QED) is 0.722. The number of benzene rings is 2. The highest BCUT2D eigenvalue weighted by Gasteiger charge is 2.19. The molecule has 0 bridgehead atoms. The number of hydrogen-bond donors (Lipinski definition) is 0. The molecule has 2 aliphatic heterocycles. The summed E-state index contributed by atoms with van der Waals surface area (Å²) in [5, 5.41) is 6.76. The van der Waals surface area contributed by atoms with Gasteiger partial charge in [0, 0.05) is 30.8 Å². The van der Waals surface area contributed by atoms with Crippen LogP contribution in [0.5, 0.6) is 5.75 Å². The average molecular weight is 364 g/mol. The summed E-state index contributed by atoms with van der Waals surface area (Å²) in [5.41, 5.74) is 4.71. The van der Waals surface area contributed by atoms with Crippen molar-refractivity contribution in [2.45, 2.75) is 38.8 Å². The summed E-state index contributed by atoms with van der Waals surface area (Å²) in [7, 11) is 2.02. The number of ether oxygens (including phenoxy) is 1. The first kappa shape index (κ1) is 18.1. The Labute approximate surface area is 162 Å². The molecule has 0 unspecified atom stereocenters. The Hall–Kier alpha value is -2.33. The first-order chi connectivity index (χ1) is 13.2. The third-order valence-corrected chi connectivity index (χ3v) is 5.62. The van der Waals surface area contributed by atoms with E-state index in [1.807, 2.05) is 12.1 Å². The van der Waals surface area contributed by atoms with Crippen molar-refractivity contribution in [3.05, 3.63) is 65.2 Å². The first-order valence-electron chi connectivity index (χ1n) is 10.1. The molecule has 0 aliphatic carbocycles. The van der Waals surface area contributed by atoms with Crippen LogP contribution in [0.4, 0.5) is 0 Å². The van der Waals surface area contributed by atoms with E-state index in [1.54, 1.807) is 0 Å². The summed E-state index contributed by atoms with van der Waals surface area (Å²) in [5.74, 6) is 0.936. The molecule has 2 aromatic rings. The lowest BCUT2D eigenvalue weighted by atomic mass is 9.96. The van der Waals surface area contributed by atoms with Crippen LogP contribution in [0.3, 0.4) is 0 Å². The van der Waals surface area contributed by atoms with E-state index in [0.29, 0.717) is 0 Å². The van der Waals surface area contributed by atoms with Crippen molar-refractivity contribution in [3.8, 4) is 5.75 Å². The van der Waals surface area contributed by atoms with Crippen molar-refractivity contribution in [3.63, 3.8) is 0 Å². The minimum atomic E-state index is 0.738. The smallest absolute Gasteiger partial charge is 0.119 e. The van der Waals surface area contributed by atoms with Crippen molar-refractivity contribution < 1.29 is 4.74 Å². The van der Waals surface area contributed by atoms with Crippen molar-refractivity contribution >= 4 is 5.71 Å². The monoisotopic (exact) mass is 363 g/mol. The van der Waals surface area contributed by atoms with Crippen LogP contribution in [-0.2, 0) is 6.54 Å². The van der Waals surface area contributed by atoms with Gasteiger partial charge in [-0.3, -0.25) is 5.01 Å². The van der Waals surface area contributed by atoms with E-state index >= 15 is 0 Å². The predicted molar refractivity (Wildman–Crippen MR) is 110 cm³/mol. The molecule has 2 aliphatic rings. The SMILES string of the molecule is C[C@@H]1CCCN1CCCOc1ccc(C2=NN(C)Cc3ccccc32)cc1. The lowest BCUT2D eigenvalue weighted by Crippen LogP contribution is -2.28. The summed E-state index contributed by atoms with van der Waals surface area (Å²) < 4.78 is 5.96. The molecule has 4 heteroatoms. The Morgan fingerprint density at radius 1 is 1.11 bits per heavy atom. The molecule has 1 atom stereocenters. The Kier molecular flexibility index (Phi) is 5.44. The standard InChI is InChI=1S/C23H29N3O/c1-18-7-5-14-26(18)15-6-16-27-21-12-10-19(11-13-21)23-22-9-4-3-8-20(22)17-25(2)24-23/h3-4,8-13,18H,5-7,14-17H2,1-2H3/t18-/m1/s1. The molecule has 0 spiro atoms. The average Bonchev–Trinajstić information content (AvgIpc) is 3.10. The normalized spacial score (nSPS) is 19.7. The highest BCUT2D eigenvalue weighted by Crippen LogP contribution is 2.23. The molecule has 2 aromatic carbocycles. The fourth-order valence-corrected chi connectivity index (χ4v) is 4.10. The zero-order chi connectivity index (χ0) is 18.6. The van der Waals surface area contributed by atoms with Gasteiger partial charge in [-0.05, 0) is 62.6 Å². The molecule has 0 aromatic heterocycles. The van der Waals surface area contributed by atoms with Gasteiger partial charge >= 0.3 is 0 Å².